The van der Waals surface area contributed by atoms with Gasteiger partial charge in [-0.1, -0.05) is 6.07 Å². The first-order valence-corrected chi connectivity index (χ1v) is 8.71. The Morgan fingerprint density at radius 3 is 2.57 bits per heavy atom. The van der Waals surface area contributed by atoms with Crippen molar-refractivity contribution in [1.29, 1.82) is 0 Å². The fraction of sp³-hybridized carbons (Fsp3) is 0.190. The molecule has 0 saturated heterocycles. The number of rotatable bonds is 6. The molecule has 0 bridgehead atoms. The molecule has 0 aromatic heterocycles. The number of hydrogen-bond donors (Lipinski definition) is 1. The van der Waals surface area contributed by atoms with E-state index in [9.17, 15) is 9.59 Å². The summed E-state index contributed by atoms with van der Waals surface area (Å²) in [5.74, 6) is 0.718. The highest BCUT2D eigenvalue weighted by atomic mass is 16.6. The highest BCUT2D eigenvalue weighted by molar-refractivity contribution is 6.13. The Morgan fingerprint density at radius 2 is 1.93 bits per heavy atom. The van der Waals surface area contributed by atoms with Crippen molar-refractivity contribution in [3.05, 3.63) is 59.3 Å². The molecular formula is C21H20N2O5. The minimum atomic E-state index is -0.534. The predicted octanol–water partition coefficient (Wildman–Crippen LogP) is 3.40. The number of carbonyl (C=O) groups is 2. The third kappa shape index (κ3) is 4.37. The minimum Gasteiger partial charge on any atom is -0.493 e. The number of ether oxygens (including phenoxy) is 3. The van der Waals surface area contributed by atoms with Gasteiger partial charge in [-0.2, -0.15) is 0 Å². The molecule has 1 amide bonds. The van der Waals surface area contributed by atoms with Gasteiger partial charge >= 0.3 is 5.97 Å². The summed E-state index contributed by atoms with van der Waals surface area (Å²) in [4.78, 5) is 27.6. The number of esters is 1. The number of methoxy groups -OCH3 is 1. The lowest BCUT2D eigenvalue weighted by molar-refractivity contribution is -0.129. The molecule has 0 unspecified atom stereocenters. The van der Waals surface area contributed by atoms with E-state index in [4.69, 9.17) is 14.2 Å². The van der Waals surface area contributed by atoms with Crippen LogP contribution in [0.4, 0.5) is 5.69 Å². The van der Waals surface area contributed by atoms with E-state index in [2.05, 4.69) is 10.3 Å². The number of aliphatic imine (C=N–C) groups is 1. The van der Waals surface area contributed by atoms with E-state index in [-0.39, 0.29) is 17.5 Å². The number of carbonyl (C=O) groups excluding carboxylic acids is 2. The van der Waals surface area contributed by atoms with Crippen molar-refractivity contribution < 1.29 is 23.8 Å². The van der Waals surface area contributed by atoms with Crippen molar-refractivity contribution in [2.24, 2.45) is 4.99 Å². The van der Waals surface area contributed by atoms with Gasteiger partial charge in [0, 0.05) is 18.2 Å². The lowest BCUT2D eigenvalue weighted by Crippen LogP contribution is -2.07. The smallest absolute Gasteiger partial charge is 0.363 e. The zero-order valence-electron chi connectivity index (χ0n) is 15.8. The van der Waals surface area contributed by atoms with Gasteiger partial charge in [0.15, 0.2) is 17.2 Å². The van der Waals surface area contributed by atoms with Crippen LogP contribution in [0.2, 0.25) is 0 Å². The van der Waals surface area contributed by atoms with E-state index < -0.39 is 5.97 Å². The third-order valence-corrected chi connectivity index (χ3v) is 3.86. The maximum absolute atomic E-state index is 12.2. The predicted molar refractivity (Wildman–Crippen MR) is 106 cm³/mol. The molecule has 1 aliphatic rings. The molecule has 0 atom stereocenters. The van der Waals surface area contributed by atoms with Crippen LogP contribution in [0.15, 0.2) is 53.2 Å². The molecule has 0 spiro atoms. The fourth-order valence-electron chi connectivity index (χ4n) is 2.64. The average Bonchev–Trinajstić information content (AvgIpc) is 3.03. The molecule has 0 saturated carbocycles. The Balaban J connectivity index is 1.84. The van der Waals surface area contributed by atoms with Crippen molar-refractivity contribution in [1.82, 2.24) is 0 Å². The molecular weight excluding hydrogens is 360 g/mol. The molecule has 1 aliphatic heterocycles. The maximum Gasteiger partial charge on any atom is 0.363 e. The number of nitrogens with one attached hydrogen (secondary N) is 1. The lowest BCUT2D eigenvalue weighted by Gasteiger charge is -2.09. The second kappa shape index (κ2) is 8.39. The summed E-state index contributed by atoms with van der Waals surface area (Å²) >= 11 is 0. The molecule has 7 nitrogen and oxygen atoms in total. The average molecular weight is 380 g/mol. The van der Waals surface area contributed by atoms with E-state index in [1.807, 2.05) is 13.0 Å². The Bertz CT molecular complexity index is 961. The Morgan fingerprint density at radius 1 is 1.18 bits per heavy atom. The van der Waals surface area contributed by atoms with E-state index in [1.54, 1.807) is 49.6 Å². The summed E-state index contributed by atoms with van der Waals surface area (Å²) in [5, 5.41) is 2.68. The van der Waals surface area contributed by atoms with Crippen molar-refractivity contribution in [2.45, 2.75) is 13.8 Å². The Labute approximate surface area is 162 Å². The van der Waals surface area contributed by atoms with Gasteiger partial charge in [0.05, 0.1) is 13.7 Å². The Kier molecular flexibility index (Phi) is 5.74. The summed E-state index contributed by atoms with van der Waals surface area (Å²) < 4.78 is 16.1. The first-order chi connectivity index (χ1) is 13.5. The molecule has 0 aliphatic carbocycles. The number of amides is 1. The van der Waals surface area contributed by atoms with Crippen LogP contribution in [0.5, 0.6) is 11.5 Å². The molecule has 1 N–H and O–H groups in total. The van der Waals surface area contributed by atoms with Gasteiger partial charge in [-0.3, -0.25) is 4.79 Å². The molecule has 28 heavy (non-hydrogen) atoms. The molecule has 3 rings (SSSR count). The summed E-state index contributed by atoms with van der Waals surface area (Å²) in [6, 6.07) is 12.2. The van der Waals surface area contributed by atoms with Gasteiger partial charge < -0.3 is 19.5 Å². The largest absolute Gasteiger partial charge is 0.493 e. The minimum absolute atomic E-state index is 0.159. The molecule has 0 radical (unpaired) electrons. The highest BCUT2D eigenvalue weighted by Gasteiger charge is 2.24. The van der Waals surface area contributed by atoms with E-state index in [0.717, 1.165) is 5.56 Å². The second-order valence-corrected chi connectivity index (χ2v) is 5.94. The van der Waals surface area contributed by atoms with Crippen LogP contribution < -0.4 is 14.8 Å². The summed E-state index contributed by atoms with van der Waals surface area (Å²) in [7, 11) is 1.56. The maximum atomic E-state index is 12.2. The van der Waals surface area contributed by atoms with Crippen LogP contribution in [0.1, 0.15) is 25.0 Å². The standard InChI is InChI=1S/C21H20N2O5/c1-4-27-18-10-5-14(12-19(18)26-3)11-17-21(25)28-20(23-17)15-6-8-16(9-7-15)22-13(2)24/h5-12H,4H2,1-3H3,(H,22,24). The van der Waals surface area contributed by atoms with Crippen molar-refractivity contribution in [3.8, 4) is 11.5 Å². The van der Waals surface area contributed by atoms with Crippen molar-refractivity contribution in [2.75, 3.05) is 19.0 Å². The first-order valence-electron chi connectivity index (χ1n) is 8.71. The zero-order valence-corrected chi connectivity index (χ0v) is 15.8. The van der Waals surface area contributed by atoms with Crippen molar-refractivity contribution >= 4 is 29.5 Å². The van der Waals surface area contributed by atoms with E-state index >= 15 is 0 Å². The van der Waals surface area contributed by atoms with Crippen LogP contribution in [-0.2, 0) is 14.3 Å². The highest BCUT2D eigenvalue weighted by Crippen LogP contribution is 2.29. The number of anilines is 1. The molecule has 144 valence electrons. The molecule has 2 aromatic carbocycles. The van der Waals surface area contributed by atoms with Crippen LogP contribution >= 0.6 is 0 Å². The summed E-state index contributed by atoms with van der Waals surface area (Å²) in [5.41, 5.74) is 2.21. The molecule has 0 fully saturated rings. The fourth-order valence-corrected chi connectivity index (χ4v) is 2.64. The number of nitrogens with zero attached hydrogens (tertiary/aromatic N) is 1. The number of cyclic esters (lactones) is 1. The molecule has 1 heterocycles. The topological polar surface area (TPSA) is 86.2 Å². The molecule has 2 aromatic rings. The van der Waals surface area contributed by atoms with Crippen LogP contribution in [0.3, 0.4) is 0 Å². The van der Waals surface area contributed by atoms with Crippen LogP contribution in [0, 0.1) is 0 Å². The third-order valence-electron chi connectivity index (χ3n) is 3.86. The first kappa shape index (κ1) is 19.2. The van der Waals surface area contributed by atoms with Gasteiger partial charge in [-0.25, -0.2) is 9.79 Å². The molecule has 7 heteroatoms. The lowest BCUT2D eigenvalue weighted by atomic mass is 10.1. The van der Waals surface area contributed by atoms with Crippen LogP contribution in [0.25, 0.3) is 6.08 Å². The normalized spacial score (nSPS) is 14.5. The van der Waals surface area contributed by atoms with Gasteiger partial charge in [0.2, 0.25) is 11.8 Å². The number of benzene rings is 2. The SMILES string of the molecule is CCOc1ccc(C=C2N=C(c3ccc(NC(C)=O)cc3)OC2=O)cc1OC. The van der Waals surface area contributed by atoms with Crippen LogP contribution in [-0.4, -0.2) is 31.5 Å². The summed E-state index contributed by atoms with van der Waals surface area (Å²) in [6.45, 7) is 3.85. The van der Waals surface area contributed by atoms with Gasteiger partial charge in [-0.05, 0) is 55.0 Å². The quantitative estimate of drug-likeness (QED) is 0.613. The number of hydrogen-bond acceptors (Lipinski definition) is 6. The van der Waals surface area contributed by atoms with Gasteiger partial charge in [-0.15, -0.1) is 0 Å². The van der Waals surface area contributed by atoms with E-state index in [0.29, 0.717) is 29.4 Å². The van der Waals surface area contributed by atoms with E-state index in [1.165, 1.54) is 6.92 Å². The van der Waals surface area contributed by atoms with Crippen molar-refractivity contribution in [3.63, 3.8) is 0 Å². The zero-order chi connectivity index (χ0) is 20.1. The monoisotopic (exact) mass is 380 g/mol. The summed E-state index contributed by atoms with van der Waals surface area (Å²) in [6.07, 6.45) is 1.62. The van der Waals surface area contributed by atoms with Gasteiger partial charge in [0.1, 0.15) is 0 Å². The second-order valence-electron chi connectivity index (χ2n) is 5.94. The Hall–Kier alpha value is -3.61. The van der Waals surface area contributed by atoms with Gasteiger partial charge in [0.25, 0.3) is 0 Å².